The predicted octanol–water partition coefficient (Wildman–Crippen LogP) is 8.25. The van der Waals surface area contributed by atoms with Crippen LogP contribution in [0, 0.1) is 0 Å². The molecule has 0 aliphatic carbocycles. The molecule has 27 heavy (non-hydrogen) atoms. The maximum atomic E-state index is 3.31. The van der Waals surface area contributed by atoms with Gasteiger partial charge in [0, 0.05) is 0 Å². The first-order valence-corrected chi connectivity index (χ1v) is 20.2. The molecule has 0 amide bonds. The molecule has 0 nitrogen and oxygen atoms in total. The fraction of sp³-hybridized carbons (Fsp3) is 1.00. The predicted molar refractivity (Wildman–Crippen MR) is 136 cm³/mol. The summed E-state index contributed by atoms with van der Waals surface area (Å²) in [5, 5.41) is 0. The van der Waals surface area contributed by atoms with Crippen LogP contribution in [0.4, 0.5) is 0 Å². The van der Waals surface area contributed by atoms with Crippen molar-refractivity contribution in [1.29, 1.82) is 0 Å². The zero-order valence-electron chi connectivity index (χ0n) is 19.2. The summed E-state index contributed by atoms with van der Waals surface area (Å²) in [6.45, 7) is 6.96. The molecule has 0 spiro atoms. The summed E-state index contributed by atoms with van der Waals surface area (Å²) >= 11 is 6.62. The summed E-state index contributed by atoms with van der Waals surface area (Å²) in [4.78, 5) is 0. The molecular weight excluding hydrogens is 477 g/mol. The van der Waals surface area contributed by atoms with E-state index >= 15 is 0 Å². The van der Waals surface area contributed by atoms with E-state index in [1.165, 1.54) is 134 Å². The molecule has 0 unspecified atom stereocenters. The normalized spacial score (nSPS) is 13.6. The van der Waals surface area contributed by atoms with E-state index in [9.17, 15) is 0 Å². The van der Waals surface area contributed by atoms with Crippen molar-refractivity contribution in [2.24, 2.45) is 0 Å². The van der Waals surface area contributed by atoms with Crippen molar-refractivity contribution in [3.8, 4) is 0 Å². The molecule has 0 aromatic heterocycles. The standard InChI is InChI=1S/C24H53PSe2/c1-4-7-10-13-16-19-22-25(26,27,23-20-17-14-11-8-5-2)24-21-18-15-12-9-6-3/h26-27H,4-24H2,1-3H3. The van der Waals surface area contributed by atoms with Crippen molar-refractivity contribution in [2.45, 2.75) is 136 Å². The van der Waals surface area contributed by atoms with Gasteiger partial charge in [0.05, 0.1) is 0 Å². The van der Waals surface area contributed by atoms with Gasteiger partial charge in [-0.1, -0.05) is 0 Å². The van der Waals surface area contributed by atoms with Crippen molar-refractivity contribution < 1.29 is 0 Å². The van der Waals surface area contributed by atoms with Gasteiger partial charge < -0.3 is 0 Å². The van der Waals surface area contributed by atoms with Crippen LogP contribution < -0.4 is 0 Å². The van der Waals surface area contributed by atoms with Crippen LogP contribution in [0.5, 0.6) is 0 Å². The number of rotatable bonds is 21. The Bertz CT molecular complexity index is 270. The van der Waals surface area contributed by atoms with Crippen LogP contribution in [0.1, 0.15) is 136 Å². The van der Waals surface area contributed by atoms with Crippen LogP contribution in [0.25, 0.3) is 0 Å². The second-order valence-corrected chi connectivity index (χ2v) is 31.3. The minimum atomic E-state index is -1.56. The minimum absolute atomic E-state index is 1.37. The van der Waals surface area contributed by atoms with Gasteiger partial charge in [-0.15, -0.1) is 0 Å². The second-order valence-electron chi connectivity index (χ2n) is 9.08. The van der Waals surface area contributed by atoms with Crippen molar-refractivity contribution in [2.75, 3.05) is 18.5 Å². The number of hydrogen-bond donors (Lipinski definition) is 0. The third kappa shape index (κ3) is 18.0. The molecule has 0 rings (SSSR count). The molecule has 0 aromatic rings. The molecule has 0 N–H and O–H groups in total. The van der Waals surface area contributed by atoms with E-state index in [0.29, 0.717) is 0 Å². The Morgan fingerprint density at radius 1 is 0.370 bits per heavy atom. The Balaban J connectivity index is 4.29. The summed E-state index contributed by atoms with van der Waals surface area (Å²) in [5.41, 5.74) is 0. The van der Waals surface area contributed by atoms with Crippen molar-refractivity contribution in [3.05, 3.63) is 0 Å². The third-order valence-corrected chi connectivity index (χ3v) is 17.7. The molecule has 0 aliphatic heterocycles. The average molecular weight is 531 g/mol. The molecule has 0 heterocycles. The van der Waals surface area contributed by atoms with Gasteiger partial charge in [-0.3, -0.25) is 0 Å². The molecule has 166 valence electrons. The second kappa shape index (κ2) is 18.3. The molecule has 0 atom stereocenters. The van der Waals surface area contributed by atoms with Gasteiger partial charge in [0.1, 0.15) is 0 Å². The van der Waals surface area contributed by atoms with Crippen molar-refractivity contribution in [3.63, 3.8) is 0 Å². The summed E-state index contributed by atoms with van der Waals surface area (Å²) in [5.74, 6) is 0. The monoisotopic (exact) mass is 532 g/mol. The summed E-state index contributed by atoms with van der Waals surface area (Å²) < 4.78 is -1.56. The van der Waals surface area contributed by atoms with Crippen LogP contribution in [0.3, 0.4) is 0 Å². The van der Waals surface area contributed by atoms with E-state index in [0.717, 1.165) is 0 Å². The molecule has 0 fully saturated rings. The van der Waals surface area contributed by atoms with Crippen molar-refractivity contribution >= 4 is 35.1 Å². The summed E-state index contributed by atoms with van der Waals surface area (Å²) in [6, 6.07) is 0. The van der Waals surface area contributed by atoms with Crippen LogP contribution >= 0.6 is 3.98 Å². The molecule has 0 saturated heterocycles. The van der Waals surface area contributed by atoms with Crippen LogP contribution in [0.2, 0.25) is 0 Å². The Morgan fingerprint density at radius 2 is 0.593 bits per heavy atom. The average Bonchev–Trinajstić information content (AvgIpc) is 2.64. The summed E-state index contributed by atoms with van der Waals surface area (Å²) in [7, 11) is 0. The fourth-order valence-corrected chi connectivity index (χ4v) is 13.0. The van der Waals surface area contributed by atoms with Gasteiger partial charge in [0.25, 0.3) is 0 Å². The van der Waals surface area contributed by atoms with Gasteiger partial charge in [0.2, 0.25) is 0 Å². The molecule has 3 heteroatoms. The molecule has 0 aliphatic rings. The van der Waals surface area contributed by atoms with E-state index in [2.05, 4.69) is 51.9 Å². The first kappa shape index (κ1) is 28.5. The van der Waals surface area contributed by atoms with Gasteiger partial charge >= 0.3 is 190 Å². The van der Waals surface area contributed by atoms with E-state index in [1.54, 1.807) is 0 Å². The Labute approximate surface area is 189 Å². The Morgan fingerprint density at radius 3 is 0.852 bits per heavy atom. The first-order chi connectivity index (χ1) is 13.0. The molecular formula is C24H53PSe2. The number of hydrogen-bond acceptors (Lipinski definition) is 0. The van der Waals surface area contributed by atoms with E-state index < -0.39 is 3.98 Å². The van der Waals surface area contributed by atoms with E-state index in [4.69, 9.17) is 0 Å². The Kier molecular flexibility index (Phi) is 19.2. The van der Waals surface area contributed by atoms with E-state index in [1.807, 2.05) is 0 Å². The zero-order chi connectivity index (χ0) is 20.3. The molecule has 0 aromatic carbocycles. The fourth-order valence-electron chi connectivity index (χ4n) is 4.11. The Hall–Kier alpha value is 1.47. The van der Waals surface area contributed by atoms with Crippen molar-refractivity contribution in [1.82, 2.24) is 0 Å². The van der Waals surface area contributed by atoms with Crippen LogP contribution in [-0.4, -0.2) is 49.6 Å². The van der Waals surface area contributed by atoms with Crippen LogP contribution in [-0.2, 0) is 0 Å². The number of unbranched alkanes of at least 4 members (excludes halogenated alkanes) is 15. The summed E-state index contributed by atoms with van der Waals surface area (Å²) in [6.07, 6.45) is 30.6. The SMILES string of the molecule is CCCCCCCCP([SeH])([SeH])(CCCCCCCC)CCCCCCCC. The van der Waals surface area contributed by atoms with Gasteiger partial charge in [0.15, 0.2) is 0 Å². The quantitative estimate of drug-likeness (QED) is 0.0796. The first-order valence-electron chi connectivity index (χ1n) is 12.5. The molecule has 0 saturated carbocycles. The topological polar surface area (TPSA) is 0 Å². The van der Waals surface area contributed by atoms with Gasteiger partial charge in [-0.2, -0.15) is 0 Å². The van der Waals surface area contributed by atoms with Crippen LogP contribution in [0.15, 0.2) is 0 Å². The third-order valence-electron chi connectivity index (χ3n) is 6.08. The zero-order valence-corrected chi connectivity index (χ0v) is 23.8. The van der Waals surface area contributed by atoms with Gasteiger partial charge in [-0.05, 0) is 0 Å². The molecule has 0 bridgehead atoms. The van der Waals surface area contributed by atoms with Gasteiger partial charge in [-0.25, -0.2) is 0 Å². The van der Waals surface area contributed by atoms with E-state index in [-0.39, 0.29) is 0 Å². The maximum absolute atomic E-state index is 3.31. The molecule has 0 radical (unpaired) electrons.